The molecule has 3 N–H and O–H groups in total. The van der Waals surface area contributed by atoms with E-state index in [0.29, 0.717) is 11.5 Å². The SMILES string of the molecule is NC(=O)c1noc(-c2ccccc2)c1C1CC(n2cc(CO)nn2)C1. The number of hydrogen-bond donors (Lipinski definition) is 2. The molecule has 0 bridgehead atoms. The van der Waals surface area contributed by atoms with Gasteiger partial charge in [-0.3, -0.25) is 4.79 Å². The minimum atomic E-state index is -0.590. The lowest BCUT2D eigenvalue weighted by Gasteiger charge is -2.35. The summed E-state index contributed by atoms with van der Waals surface area (Å²) in [7, 11) is 0. The Bertz CT molecular complexity index is 896. The number of nitrogens with two attached hydrogens (primary N) is 1. The average molecular weight is 339 g/mol. The molecule has 1 fully saturated rings. The van der Waals surface area contributed by atoms with Crippen LogP contribution in [-0.2, 0) is 6.61 Å². The summed E-state index contributed by atoms with van der Waals surface area (Å²) in [5.74, 6) is 0.107. The minimum Gasteiger partial charge on any atom is -0.390 e. The Hall–Kier alpha value is -3.00. The third-order valence-electron chi connectivity index (χ3n) is 4.61. The van der Waals surface area contributed by atoms with Crippen molar-refractivity contribution in [3.05, 3.63) is 53.5 Å². The van der Waals surface area contributed by atoms with Gasteiger partial charge < -0.3 is 15.4 Å². The molecule has 128 valence electrons. The third kappa shape index (κ3) is 2.70. The fraction of sp³-hybridized carbons (Fsp3) is 0.294. The molecule has 8 heteroatoms. The van der Waals surface area contributed by atoms with E-state index in [0.717, 1.165) is 24.0 Å². The molecule has 0 spiro atoms. The number of nitrogens with zero attached hydrogens (tertiary/aromatic N) is 4. The number of rotatable bonds is 5. The Morgan fingerprint density at radius 1 is 1.32 bits per heavy atom. The molecule has 1 aliphatic rings. The van der Waals surface area contributed by atoms with Crippen molar-refractivity contribution in [3.63, 3.8) is 0 Å². The molecule has 1 amide bonds. The van der Waals surface area contributed by atoms with E-state index in [2.05, 4.69) is 15.5 Å². The summed E-state index contributed by atoms with van der Waals surface area (Å²) < 4.78 is 7.20. The second-order valence-electron chi connectivity index (χ2n) is 6.17. The molecule has 0 radical (unpaired) electrons. The van der Waals surface area contributed by atoms with E-state index in [1.54, 1.807) is 10.9 Å². The van der Waals surface area contributed by atoms with E-state index in [1.165, 1.54) is 0 Å². The third-order valence-corrected chi connectivity index (χ3v) is 4.61. The number of aromatic nitrogens is 4. The normalized spacial score (nSPS) is 19.6. The second kappa shape index (κ2) is 6.14. The van der Waals surface area contributed by atoms with Gasteiger partial charge in [0.15, 0.2) is 11.5 Å². The van der Waals surface area contributed by atoms with E-state index in [4.69, 9.17) is 15.4 Å². The number of aliphatic hydroxyl groups excluding tert-OH is 1. The molecule has 25 heavy (non-hydrogen) atoms. The Morgan fingerprint density at radius 2 is 2.08 bits per heavy atom. The molecule has 0 aliphatic heterocycles. The lowest BCUT2D eigenvalue weighted by atomic mass is 9.74. The predicted octanol–water partition coefficient (Wildman–Crippen LogP) is 1.64. The highest BCUT2D eigenvalue weighted by molar-refractivity contribution is 5.94. The number of amides is 1. The van der Waals surface area contributed by atoms with Gasteiger partial charge in [-0.15, -0.1) is 5.10 Å². The summed E-state index contributed by atoms with van der Waals surface area (Å²) in [5, 5.41) is 20.9. The van der Waals surface area contributed by atoms with Gasteiger partial charge in [0.05, 0.1) is 18.8 Å². The van der Waals surface area contributed by atoms with Crippen molar-refractivity contribution < 1.29 is 14.4 Å². The van der Waals surface area contributed by atoms with Gasteiger partial charge in [0.2, 0.25) is 0 Å². The van der Waals surface area contributed by atoms with Crippen LogP contribution in [-0.4, -0.2) is 31.2 Å². The zero-order valence-electron chi connectivity index (χ0n) is 13.4. The summed E-state index contributed by atoms with van der Waals surface area (Å²) >= 11 is 0. The van der Waals surface area contributed by atoms with E-state index in [-0.39, 0.29) is 24.3 Å². The maximum absolute atomic E-state index is 11.7. The van der Waals surface area contributed by atoms with Gasteiger partial charge in [-0.1, -0.05) is 40.7 Å². The monoisotopic (exact) mass is 339 g/mol. The van der Waals surface area contributed by atoms with Crippen LogP contribution in [0.5, 0.6) is 0 Å². The number of carbonyl (C=O) groups is 1. The van der Waals surface area contributed by atoms with Crippen LogP contribution in [0.4, 0.5) is 0 Å². The lowest BCUT2D eigenvalue weighted by Crippen LogP contribution is -2.28. The molecule has 4 rings (SSSR count). The van der Waals surface area contributed by atoms with Gasteiger partial charge in [0, 0.05) is 11.1 Å². The van der Waals surface area contributed by atoms with Crippen molar-refractivity contribution in [2.75, 3.05) is 0 Å². The fourth-order valence-electron chi connectivity index (χ4n) is 3.26. The summed E-state index contributed by atoms with van der Waals surface area (Å²) in [4.78, 5) is 11.7. The number of benzene rings is 1. The van der Waals surface area contributed by atoms with Crippen molar-refractivity contribution >= 4 is 5.91 Å². The first kappa shape index (κ1) is 15.5. The average Bonchev–Trinajstić information content (AvgIpc) is 3.22. The van der Waals surface area contributed by atoms with Gasteiger partial charge in [-0.05, 0) is 18.8 Å². The lowest BCUT2D eigenvalue weighted by molar-refractivity contribution is 0.0989. The quantitative estimate of drug-likeness (QED) is 0.729. The minimum absolute atomic E-state index is 0.107. The summed E-state index contributed by atoms with van der Waals surface area (Å²) in [5.41, 5.74) is 7.83. The van der Waals surface area contributed by atoms with Crippen LogP contribution in [0.3, 0.4) is 0 Å². The van der Waals surface area contributed by atoms with E-state index >= 15 is 0 Å². The topological polar surface area (TPSA) is 120 Å². The van der Waals surface area contributed by atoms with Crippen LogP contribution < -0.4 is 5.73 Å². The number of primary amides is 1. The van der Waals surface area contributed by atoms with Crippen molar-refractivity contribution in [1.29, 1.82) is 0 Å². The zero-order valence-corrected chi connectivity index (χ0v) is 13.4. The molecular formula is C17H17N5O3. The van der Waals surface area contributed by atoms with Crippen molar-refractivity contribution in [3.8, 4) is 11.3 Å². The van der Waals surface area contributed by atoms with Crippen LogP contribution in [0.1, 0.15) is 46.5 Å². The van der Waals surface area contributed by atoms with Crippen LogP contribution in [0, 0.1) is 0 Å². The van der Waals surface area contributed by atoms with Crippen LogP contribution in [0.15, 0.2) is 41.1 Å². The van der Waals surface area contributed by atoms with E-state index in [9.17, 15) is 4.79 Å². The fourth-order valence-corrected chi connectivity index (χ4v) is 3.26. The van der Waals surface area contributed by atoms with Gasteiger partial charge in [-0.2, -0.15) is 0 Å². The molecule has 2 heterocycles. The maximum Gasteiger partial charge on any atom is 0.271 e. The maximum atomic E-state index is 11.7. The van der Waals surface area contributed by atoms with Crippen molar-refractivity contribution in [1.82, 2.24) is 20.2 Å². The number of aliphatic hydroxyl groups is 1. The molecular weight excluding hydrogens is 322 g/mol. The molecule has 0 saturated heterocycles. The Kier molecular flexibility index (Phi) is 3.81. The van der Waals surface area contributed by atoms with Crippen molar-refractivity contribution in [2.24, 2.45) is 5.73 Å². The zero-order chi connectivity index (χ0) is 17.4. The van der Waals surface area contributed by atoms with E-state index < -0.39 is 5.91 Å². The Labute approximate surface area is 143 Å². The van der Waals surface area contributed by atoms with Crippen LogP contribution in [0.2, 0.25) is 0 Å². The van der Waals surface area contributed by atoms with Crippen LogP contribution in [0.25, 0.3) is 11.3 Å². The number of carbonyl (C=O) groups excluding carboxylic acids is 1. The number of hydrogen-bond acceptors (Lipinski definition) is 6. The first-order chi connectivity index (χ1) is 12.2. The largest absolute Gasteiger partial charge is 0.390 e. The standard InChI is InChI=1S/C17H17N5O3/c18-17(24)15-14(16(25-20-15)10-4-2-1-3-5-10)11-6-13(7-11)22-8-12(9-23)19-21-22/h1-5,8,11,13,23H,6-7,9H2,(H2,18,24). The van der Waals surface area contributed by atoms with E-state index in [1.807, 2.05) is 30.3 Å². The molecule has 1 aliphatic carbocycles. The first-order valence-electron chi connectivity index (χ1n) is 8.03. The smallest absolute Gasteiger partial charge is 0.271 e. The van der Waals surface area contributed by atoms with Gasteiger partial charge in [0.1, 0.15) is 5.69 Å². The van der Waals surface area contributed by atoms with Crippen LogP contribution >= 0.6 is 0 Å². The summed E-state index contributed by atoms with van der Waals surface area (Å²) in [6.07, 6.45) is 3.28. The molecule has 3 aromatic rings. The molecule has 2 aromatic heterocycles. The van der Waals surface area contributed by atoms with Crippen molar-refractivity contribution in [2.45, 2.75) is 31.4 Å². The first-order valence-corrected chi connectivity index (χ1v) is 8.03. The van der Waals surface area contributed by atoms with Gasteiger partial charge >= 0.3 is 0 Å². The molecule has 1 saturated carbocycles. The highest BCUT2D eigenvalue weighted by Gasteiger charge is 2.38. The Morgan fingerprint density at radius 3 is 2.72 bits per heavy atom. The molecule has 0 atom stereocenters. The van der Waals surface area contributed by atoms with Gasteiger partial charge in [0.25, 0.3) is 5.91 Å². The predicted molar refractivity (Wildman–Crippen MR) is 87.4 cm³/mol. The highest BCUT2D eigenvalue weighted by atomic mass is 16.5. The van der Waals surface area contributed by atoms with Gasteiger partial charge in [-0.25, -0.2) is 4.68 Å². The highest BCUT2D eigenvalue weighted by Crippen LogP contribution is 2.48. The second-order valence-corrected chi connectivity index (χ2v) is 6.17. The molecule has 0 unspecified atom stereocenters. The summed E-state index contributed by atoms with van der Waals surface area (Å²) in [6.45, 7) is -0.133. The Balaban J connectivity index is 1.62. The summed E-state index contributed by atoms with van der Waals surface area (Å²) in [6, 6.07) is 9.71. The molecule has 8 nitrogen and oxygen atoms in total. The molecule has 1 aromatic carbocycles.